The lowest BCUT2D eigenvalue weighted by molar-refractivity contribution is 0.751. The number of rotatable bonds is 3. The lowest BCUT2D eigenvalue weighted by Gasteiger charge is -2.07. The number of hydrogen-bond acceptors (Lipinski definition) is 2. The van der Waals surface area contributed by atoms with Gasteiger partial charge in [0.15, 0.2) is 0 Å². The minimum atomic E-state index is 0.525. The summed E-state index contributed by atoms with van der Waals surface area (Å²) in [4.78, 5) is 4.33. The molecule has 2 rings (SSSR count). The summed E-state index contributed by atoms with van der Waals surface area (Å²) in [6, 6.07) is 10.6. The van der Waals surface area contributed by atoms with Gasteiger partial charge in [0.25, 0.3) is 0 Å². The Balaban J connectivity index is 2.06. The van der Waals surface area contributed by atoms with Crippen molar-refractivity contribution in [1.82, 2.24) is 4.98 Å². The summed E-state index contributed by atoms with van der Waals surface area (Å²) < 4.78 is 0. The van der Waals surface area contributed by atoms with Gasteiger partial charge in [-0.3, -0.25) is 0 Å². The summed E-state index contributed by atoms with van der Waals surface area (Å²) in [5, 5.41) is 3.27. The van der Waals surface area contributed by atoms with Crippen LogP contribution in [0.1, 0.15) is 23.4 Å². The Labute approximate surface area is 88.4 Å². The molecule has 0 fully saturated rings. The molecule has 1 atom stereocenters. The number of nitrogens with zero attached hydrogens (tertiary/aromatic N) is 1. The monoisotopic (exact) mass is 203 g/mol. The third kappa shape index (κ3) is 2.20. The Morgan fingerprint density at radius 3 is 2.71 bits per heavy atom. The first-order valence-corrected chi connectivity index (χ1v) is 5.67. The topological polar surface area (TPSA) is 12.9 Å². The van der Waals surface area contributed by atoms with Crippen LogP contribution in [0.2, 0.25) is 0 Å². The van der Waals surface area contributed by atoms with Gasteiger partial charge in [-0.05, 0) is 12.0 Å². The van der Waals surface area contributed by atoms with Gasteiger partial charge in [0, 0.05) is 17.5 Å². The molecule has 2 heteroatoms. The summed E-state index contributed by atoms with van der Waals surface area (Å²) in [6.45, 7) is 2.23. The van der Waals surface area contributed by atoms with Crippen LogP contribution in [0.25, 0.3) is 0 Å². The van der Waals surface area contributed by atoms with Gasteiger partial charge in [-0.15, -0.1) is 11.3 Å². The molecular weight excluding hydrogens is 190 g/mol. The first-order valence-electron chi connectivity index (χ1n) is 4.79. The summed E-state index contributed by atoms with van der Waals surface area (Å²) in [5.41, 5.74) is 1.38. The highest BCUT2D eigenvalue weighted by atomic mass is 32.1. The van der Waals surface area contributed by atoms with Crippen LogP contribution in [0.15, 0.2) is 41.9 Å². The largest absolute Gasteiger partial charge is 0.249 e. The quantitative estimate of drug-likeness (QED) is 0.744. The Kier molecular flexibility index (Phi) is 2.94. The summed E-state index contributed by atoms with van der Waals surface area (Å²) >= 11 is 1.74. The van der Waals surface area contributed by atoms with Crippen LogP contribution in [0.5, 0.6) is 0 Å². The van der Waals surface area contributed by atoms with Crippen molar-refractivity contribution < 1.29 is 0 Å². The molecule has 0 amide bonds. The Morgan fingerprint density at radius 1 is 1.29 bits per heavy atom. The fourth-order valence-electron chi connectivity index (χ4n) is 1.53. The number of benzene rings is 1. The molecule has 1 heterocycles. The van der Waals surface area contributed by atoms with Crippen molar-refractivity contribution in [3.63, 3.8) is 0 Å². The van der Waals surface area contributed by atoms with E-state index in [1.165, 1.54) is 10.6 Å². The number of aromatic nitrogens is 1. The van der Waals surface area contributed by atoms with Crippen molar-refractivity contribution >= 4 is 11.3 Å². The van der Waals surface area contributed by atoms with Gasteiger partial charge in [-0.2, -0.15) is 0 Å². The summed E-state index contributed by atoms with van der Waals surface area (Å²) in [7, 11) is 0. The molecule has 0 radical (unpaired) electrons. The predicted molar refractivity (Wildman–Crippen MR) is 60.7 cm³/mol. The van der Waals surface area contributed by atoms with Crippen LogP contribution >= 0.6 is 11.3 Å². The van der Waals surface area contributed by atoms with Crippen LogP contribution in [-0.4, -0.2) is 4.98 Å². The van der Waals surface area contributed by atoms with Crippen molar-refractivity contribution in [1.29, 1.82) is 0 Å². The maximum absolute atomic E-state index is 4.33. The molecule has 0 spiro atoms. The van der Waals surface area contributed by atoms with Crippen LogP contribution < -0.4 is 0 Å². The molecule has 1 unspecified atom stereocenters. The Morgan fingerprint density at radius 2 is 2.07 bits per heavy atom. The van der Waals surface area contributed by atoms with Gasteiger partial charge < -0.3 is 0 Å². The Hall–Kier alpha value is -1.15. The standard InChI is InChI=1S/C12H13NS/c1-10(12-13-7-8-14-12)9-11-5-3-2-4-6-11/h2-8,10H,9H2,1H3. The first-order chi connectivity index (χ1) is 6.86. The second-order valence-electron chi connectivity index (χ2n) is 3.46. The molecule has 0 saturated carbocycles. The summed E-state index contributed by atoms with van der Waals surface area (Å²) in [6.07, 6.45) is 2.95. The number of thiazole rings is 1. The highest BCUT2D eigenvalue weighted by molar-refractivity contribution is 7.09. The van der Waals surface area contributed by atoms with E-state index >= 15 is 0 Å². The molecule has 2 aromatic rings. The van der Waals surface area contributed by atoms with Gasteiger partial charge in [0.2, 0.25) is 0 Å². The maximum Gasteiger partial charge on any atom is 0.0956 e. The average Bonchev–Trinajstić information content (AvgIpc) is 2.72. The molecular formula is C12H13NS. The van der Waals surface area contributed by atoms with E-state index in [1.807, 2.05) is 11.6 Å². The lowest BCUT2D eigenvalue weighted by atomic mass is 10.0. The molecule has 1 aromatic carbocycles. The third-order valence-electron chi connectivity index (χ3n) is 2.26. The van der Waals surface area contributed by atoms with Crippen LogP contribution in [0.3, 0.4) is 0 Å². The van der Waals surface area contributed by atoms with Crippen molar-refractivity contribution in [2.24, 2.45) is 0 Å². The van der Waals surface area contributed by atoms with E-state index in [2.05, 4.69) is 42.2 Å². The molecule has 0 saturated heterocycles. The van der Waals surface area contributed by atoms with E-state index in [4.69, 9.17) is 0 Å². The van der Waals surface area contributed by atoms with Crippen molar-refractivity contribution in [2.45, 2.75) is 19.3 Å². The molecule has 1 nitrogen and oxygen atoms in total. The van der Waals surface area contributed by atoms with Crippen molar-refractivity contribution in [3.05, 3.63) is 52.5 Å². The van der Waals surface area contributed by atoms with Gasteiger partial charge in [0.1, 0.15) is 0 Å². The van der Waals surface area contributed by atoms with Gasteiger partial charge in [-0.1, -0.05) is 37.3 Å². The van der Waals surface area contributed by atoms with Crippen LogP contribution in [0, 0.1) is 0 Å². The van der Waals surface area contributed by atoms with Crippen molar-refractivity contribution in [3.8, 4) is 0 Å². The number of hydrogen-bond donors (Lipinski definition) is 0. The minimum Gasteiger partial charge on any atom is -0.249 e. The van der Waals surface area contributed by atoms with E-state index in [9.17, 15) is 0 Å². The zero-order valence-electron chi connectivity index (χ0n) is 8.18. The highest BCUT2D eigenvalue weighted by Gasteiger charge is 2.08. The molecule has 72 valence electrons. The summed E-state index contributed by atoms with van der Waals surface area (Å²) in [5.74, 6) is 0.525. The van der Waals surface area contributed by atoms with E-state index in [0.29, 0.717) is 5.92 Å². The van der Waals surface area contributed by atoms with Crippen molar-refractivity contribution in [2.75, 3.05) is 0 Å². The average molecular weight is 203 g/mol. The van der Waals surface area contributed by atoms with Gasteiger partial charge >= 0.3 is 0 Å². The second kappa shape index (κ2) is 4.38. The fourth-order valence-corrected chi connectivity index (χ4v) is 2.23. The molecule has 0 N–H and O–H groups in total. The maximum atomic E-state index is 4.33. The molecule has 0 aliphatic rings. The highest BCUT2D eigenvalue weighted by Crippen LogP contribution is 2.21. The first kappa shape index (κ1) is 9.41. The molecule has 1 aromatic heterocycles. The Bertz CT molecular complexity index is 366. The predicted octanol–water partition coefficient (Wildman–Crippen LogP) is 3.49. The van der Waals surface area contributed by atoms with E-state index < -0.39 is 0 Å². The molecule has 14 heavy (non-hydrogen) atoms. The van der Waals surface area contributed by atoms with E-state index in [0.717, 1.165) is 6.42 Å². The van der Waals surface area contributed by atoms with Crippen LogP contribution in [-0.2, 0) is 6.42 Å². The smallest absolute Gasteiger partial charge is 0.0956 e. The molecule has 0 bridgehead atoms. The minimum absolute atomic E-state index is 0.525. The van der Waals surface area contributed by atoms with Crippen LogP contribution in [0.4, 0.5) is 0 Å². The van der Waals surface area contributed by atoms with E-state index in [1.54, 1.807) is 11.3 Å². The molecule has 0 aliphatic carbocycles. The zero-order valence-corrected chi connectivity index (χ0v) is 9.00. The zero-order chi connectivity index (χ0) is 9.80. The third-order valence-corrected chi connectivity index (χ3v) is 3.26. The van der Waals surface area contributed by atoms with Gasteiger partial charge in [-0.25, -0.2) is 4.98 Å². The van der Waals surface area contributed by atoms with E-state index in [-0.39, 0.29) is 0 Å². The second-order valence-corrected chi connectivity index (χ2v) is 4.39. The normalized spacial score (nSPS) is 12.6. The molecule has 0 aliphatic heterocycles. The SMILES string of the molecule is CC(Cc1ccccc1)c1nccs1. The van der Waals surface area contributed by atoms with Gasteiger partial charge in [0.05, 0.1) is 5.01 Å². The fraction of sp³-hybridized carbons (Fsp3) is 0.250. The lowest BCUT2D eigenvalue weighted by Crippen LogP contribution is -1.97.